The highest BCUT2D eigenvalue weighted by molar-refractivity contribution is 5.94. The van der Waals surface area contributed by atoms with Crippen molar-refractivity contribution in [1.29, 1.82) is 0 Å². The van der Waals surface area contributed by atoms with Gasteiger partial charge in [0.2, 0.25) is 0 Å². The summed E-state index contributed by atoms with van der Waals surface area (Å²) < 4.78 is 0. The molecule has 0 amide bonds. The van der Waals surface area contributed by atoms with Gasteiger partial charge in [-0.1, -0.05) is 50.2 Å². The Bertz CT molecular complexity index is 823. The zero-order chi connectivity index (χ0) is 17.2. The normalized spacial score (nSPS) is 11.5. The van der Waals surface area contributed by atoms with Crippen LogP contribution in [-0.2, 0) is 5.41 Å². The molecule has 3 heteroatoms. The zero-order valence-electron chi connectivity index (χ0n) is 14.9. The number of aromatic nitrogens is 1. The predicted octanol–water partition coefficient (Wildman–Crippen LogP) is 4.69. The second-order valence-electron chi connectivity index (χ2n) is 7.06. The second-order valence-corrected chi connectivity index (χ2v) is 7.06. The molecule has 0 aliphatic carbocycles. The minimum absolute atomic E-state index is 0.0320. The lowest BCUT2D eigenvalue weighted by Gasteiger charge is -2.26. The number of anilines is 2. The average Bonchev–Trinajstić information content (AvgIpc) is 2.60. The first-order valence-corrected chi connectivity index (χ1v) is 8.33. The molecule has 0 fully saturated rings. The topological polar surface area (TPSA) is 28.2 Å². The quantitative estimate of drug-likeness (QED) is 0.739. The summed E-state index contributed by atoms with van der Waals surface area (Å²) in [7, 11) is 4.12. The Hall–Kier alpha value is -2.55. The third-order valence-electron chi connectivity index (χ3n) is 4.52. The summed E-state index contributed by atoms with van der Waals surface area (Å²) in [6, 6.07) is 19.2. The minimum atomic E-state index is 0.0320. The molecule has 0 radical (unpaired) electrons. The zero-order valence-corrected chi connectivity index (χ0v) is 14.9. The van der Waals surface area contributed by atoms with Crippen molar-refractivity contribution in [3.05, 3.63) is 66.4 Å². The van der Waals surface area contributed by atoms with Crippen LogP contribution in [0.15, 0.2) is 60.8 Å². The Morgan fingerprint density at radius 2 is 1.75 bits per heavy atom. The molecule has 0 aliphatic rings. The summed E-state index contributed by atoms with van der Waals surface area (Å²) in [5.74, 6) is 0.945. The lowest BCUT2D eigenvalue weighted by Crippen LogP contribution is -2.27. The van der Waals surface area contributed by atoms with Gasteiger partial charge in [0.15, 0.2) is 0 Å². The van der Waals surface area contributed by atoms with Crippen LogP contribution >= 0.6 is 0 Å². The van der Waals surface area contributed by atoms with E-state index in [1.807, 2.05) is 6.20 Å². The molecule has 1 heterocycles. The lowest BCUT2D eigenvalue weighted by molar-refractivity contribution is 0.556. The maximum absolute atomic E-state index is 4.57. The van der Waals surface area contributed by atoms with E-state index >= 15 is 0 Å². The van der Waals surface area contributed by atoms with Crippen molar-refractivity contribution in [2.24, 2.45) is 0 Å². The first kappa shape index (κ1) is 16.3. The van der Waals surface area contributed by atoms with E-state index in [0.717, 1.165) is 17.7 Å². The molecular weight excluding hydrogens is 294 g/mol. The lowest BCUT2D eigenvalue weighted by atomic mass is 9.84. The van der Waals surface area contributed by atoms with E-state index in [1.165, 1.54) is 16.6 Å². The van der Waals surface area contributed by atoms with Crippen molar-refractivity contribution in [1.82, 2.24) is 4.98 Å². The number of pyridine rings is 1. The first-order chi connectivity index (χ1) is 11.5. The number of fused-ring (bicyclic) bond motifs is 1. The van der Waals surface area contributed by atoms with Crippen molar-refractivity contribution in [2.45, 2.75) is 19.3 Å². The van der Waals surface area contributed by atoms with E-state index < -0.39 is 0 Å². The van der Waals surface area contributed by atoms with Gasteiger partial charge in [0.05, 0.1) is 0 Å². The van der Waals surface area contributed by atoms with E-state index in [0.29, 0.717) is 0 Å². The molecule has 0 spiro atoms. The summed E-state index contributed by atoms with van der Waals surface area (Å²) in [5.41, 5.74) is 2.54. The number of rotatable bonds is 5. The first-order valence-electron chi connectivity index (χ1n) is 8.33. The minimum Gasteiger partial charge on any atom is -0.378 e. The fraction of sp³-hybridized carbons (Fsp3) is 0.286. The van der Waals surface area contributed by atoms with E-state index in [2.05, 4.69) is 97.7 Å². The van der Waals surface area contributed by atoms with Crippen LogP contribution in [0.2, 0.25) is 0 Å². The second kappa shape index (κ2) is 6.52. The van der Waals surface area contributed by atoms with E-state index in [-0.39, 0.29) is 5.41 Å². The van der Waals surface area contributed by atoms with Crippen LogP contribution in [0.25, 0.3) is 10.8 Å². The Labute approximate surface area is 144 Å². The summed E-state index contributed by atoms with van der Waals surface area (Å²) in [6.07, 6.45) is 1.87. The van der Waals surface area contributed by atoms with Gasteiger partial charge in [-0.15, -0.1) is 0 Å². The van der Waals surface area contributed by atoms with Crippen LogP contribution in [0, 0.1) is 0 Å². The third kappa shape index (κ3) is 3.35. The van der Waals surface area contributed by atoms with Gasteiger partial charge >= 0.3 is 0 Å². The van der Waals surface area contributed by atoms with Gasteiger partial charge < -0.3 is 10.2 Å². The Morgan fingerprint density at radius 1 is 1.00 bits per heavy atom. The number of hydrogen-bond donors (Lipinski definition) is 1. The van der Waals surface area contributed by atoms with Crippen molar-refractivity contribution in [2.75, 3.05) is 30.9 Å². The Kier molecular flexibility index (Phi) is 4.43. The highest BCUT2D eigenvalue weighted by atomic mass is 15.1. The van der Waals surface area contributed by atoms with Gasteiger partial charge in [-0.25, -0.2) is 4.98 Å². The highest BCUT2D eigenvalue weighted by Crippen LogP contribution is 2.28. The van der Waals surface area contributed by atoms with Crippen LogP contribution in [0.5, 0.6) is 0 Å². The van der Waals surface area contributed by atoms with E-state index in [1.54, 1.807) is 0 Å². The highest BCUT2D eigenvalue weighted by Gasteiger charge is 2.20. The van der Waals surface area contributed by atoms with Crippen molar-refractivity contribution in [3.8, 4) is 0 Å². The Balaban J connectivity index is 1.88. The van der Waals surface area contributed by atoms with E-state index in [4.69, 9.17) is 0 Å². The number of hydrogen-bond acceptors (Lipinski definition) is 3. The van der Waals surface area contributed by atoms with Crippen LogP contribution in [0.4, 0.5) is 11.5 Å². The number of nitrogens with one attached hydrogen (secondary N) is 1. The average molecular weight is 319 g/mol. The molecule has 3 nitrogen and oxygen atoms in total. The molecule has 0 atom stereocenters. The van der Waals surface area contributed by atoms with Crippen molar-refractivity contribution < 1.29 is 0 Å². The monoisotopic (exact) mass is 319 g/mol. The van der Waals surface area contributed by atoms with Crippen LogP contribution < -0.4 is 10.2 Å². The third-order valence-corrected chi connectivity index (χ3v) is 4.52. The van der Waals surface area contributed by atoms with Gasteiger partial charge in [-0.05, 0) is 29.1 Å². The summed E-state index contributed by atoms with van der Waals surface area (Å²) in [4.78, 5) is 6.69. The summed E-state index contributed by atoms with van der Waals surface area (Å²) in [5, 5.41) is 5.93. The maximum atomic E-state index is 4.57. The molecule has 0 saturated carbocycles. The molecule has 3 aromatic rings. The SMILES string of the molecule is CN(C)c1ccc2ccnc(NCC(C)(C)c3ccccc3)c2c1. The molecule has 1 aromatic heterocycles. The van der Waals surface area contributed by atoms with Crippen LogP contribution in [0.3, 0.4) is 0 Å². The predicted molar refractivity (Wildman–Crippen MR) is 104 cm³/mol. The maximum Gasteiger partial charge on any atom is 0.133 e. The van der Waals surface area contributed by atoms with Crippen molar-refractivity contribution >= 4 is 22.3 Å². The molecule has 0 aliphatic heterocycles. The van der Waals surface area contributed by atoms with Gasteiger partial charge in [0.25, 0.3) is 0 Å². The molecular formula is C21H25N3. The van der Waals surface area contributed by atoms with Gasteiger partial charge in [-0.3, -0.25) is 0 Å². The van der Waals surface area contributed by atoms with Gasteiger partial charge in [0, 0.05) is 43.3 Å². The number of benzene rings is 2. The molecule has 2 aromatic carbocycles. The molecule has 0 saturated heterocycles. The van der Waals surface area contributed by atoms with Crippen LogP contribution in [-0.4, -0.2) is 25.6 Å². The van der Waals surface area contributed by atoms with Gasteiger partial charge in [0.1, 0.15) is 5.82 Å². The standard InChI is InChI=1S/C21H25N3/c1-21(2,17-8-6-5-7-9-17)15-23-20-19-14-18(24(3)4)11-10-16(19)12-13-22-20/h5-14H,15H2,1-4H3,(H,22,23). The fourth-order valence-electron chi connectivity index (χ4n) is 2.87. The molecule has 24 heavy (non-hydrogen) atoms. The molecule has 0 unspecified atom stereocenters. The molecule has 1 N–H and O–H groups in total. The number of nitrogens with zero attached hydrogens (tertiary/aromatic N) is 2. The Morgan fingerprint density at radius 3 is 2.46 bits per heavy atom. The molecule has 124 valence electrons. The fourth-order valence-corrected chi connectivity index (χ4v) is 2.87. The molecule has 3 rings (SSSR count). The van der Waals surface area contributed by atoms with Gasteiger partial charge in [-0.2, -0.15) is 0 Å². The smallest absolute Gasteiger partial charge is 0.133 e. The summed E-state index contributed by atoms with van der Waals surface area (Å²) >= 11 is 0. The van der Waals surface area contributed by atoms with E-state index in [9.17, 15) is 0 Å². The molecule has 0 bridgehead atoms. The van der Waals surface area contributed by atoms with Crippen LogP contribution in [0.1, 0.15) is 19.4 Å². The van der Waals surface area contributed by atoms with Crippen molar-refractivity contribution in [3.63, 3.8) is 0 Å². The largest absolute Gasteiger partial charge is 0.378 e. The summed E-state index contributed by atoms with van der Waals surface area (Å²) in [6.45, 7) is 5.34.